The van der Waals surface area contributed by atoms with E-state index in [2.05, 4.69) is 10.1 Å². The van der Waals surface area contributed by atoms with Crippen LogP contribution in [0.1, 0.15) is 18.9 Å². The van der Waals surface area contributed by atoms with E-state index in [0.29, 0.717) is 27.4 Å². The molecule has 0 unspecified atom stereocenters. The molecule has 5 rings (SSSR count). The number of amides is 1. The summed E-state index contributed by atoms with van der Waals surface area (Å²) in [6, 6.07) is 17.1. The molecule has 0 N–H and O–H groups in total. The van der Waals surface area contributed by atoms with Crippen molar-refractivity contribution in [2.45, 2.75) is 13.3 Å². The second kappa shape index (κ2) is 6.38. The van der Waals surface area contributed by atoms with Gasteiger partial charge in [-0.3, -0.25) is 9.59 Å². The van der Waals surface area contributed by atoms with Crippen molar-refractivity contribution >= 4 is 33.5 Å². The summed E-state index contributed by atoms with van der Waals surface area (Å²) in [4.78, 5) is 32.9. The van der Waals surface area contributed by atoms with E-state index in [9.17, 15) is 9.59 Å². The number of carbonyl (C=O) groups excluding carboxylic acids is 1. The summed E-state index contributed by atoms with van der Waals surface area (Å²) in [5.74, 6) is 0.374. The Morgan fingerprint density at radius 3 is 2.50 bits per heavy atom. The van der Waals surface area contributed by atoms with Gasteiger partial charge < -0.3 is 4.90 Å². The topological polar surface area (TPSA) is 67.6 Å². The lowest BCUT2D eigenvalue weighted by molar-refractivity contribution is -0.113. The molecular weight excluding hydrogens is 372 g/mol. The van der Waals surface area contributed by atoms with Crippen LogP contribution in [0.25, 0.3) is 21.9 Å². The number of para-hydroxylation sites is 1. The third-order valence-electron chi connectivity index (χ3n) is 4.79. The van der Waals surface area contributed by atoms with Gasteiger partial charge in [-0.1, -0.05) is 66.8 Å². The van der Waals surface area contributed by atoms with Gasteiger partial charge in [-0.15, -0.1) is 5.10 Å². The Morgan fingerprint density at radius 1 is 1.00 bits per heavy atom. The fraction of sp³-hybridized carbons (Fsp3) is 0.143. The smallest absolute Gasteiger partial charge is 0.291 e. The van der Waals surface area contributed by atoms with Crippen LogP contribution in [0.15, 0.2) is 59.4 Å². The van der Waals surface area contributed by atoms with Crippen molar-refractivity contribution < 1.29 is 4.79 Å². The first-order valence-corrected chi connectivity index (χ1v) is 9.91. The van der Waals surface area contributed by atoms with Crippen molar-refractivity contribution in [2.24, 2.45) is 0 Å². The fourth-order valence-corrected chi connectivity index (χ4v) is 4.54. The van der Waals surface area contributed by atoms with E-state index >= 15 is 0 Å². The second-order valence-corrected chi connectivity index (χ2v) is 7.56. The van der Waals surface area contributed by atoms with Gasteiger partial charge in [0.25, 0.3) is 11.5 Å². The average molecular weight is 388 g/mol. The van der Waals surface area contributed by atoms with E-state index in [1.807, 2.05) is 61.5 Å². The van der Waals surface area contributed by atoms with Crippen LogP contribution in [-0.2, 0) is 4.79 Å². The normalized spacial score (nSPS) is 15.5. The van der Waals surface area contributed by atoms with Crippen LogP contribution in [0.3, 0.4) is 0 Å². The summed E-state index contributed by atoms with van der Waals surface area (Å²) in [7, 11) is 0. The van der Waals surface area contributed by atoms with Crippen LogP contribution < -0.4 is 15.0 Å². The number of rotatable bonds is 3. The minimum Gasteiger partial charge on any atom is -0.308 e. The number of anilines is 1. The predicted molar refractivity (Wildman–Crippen MR) is 109 cm³/mol. The molecule has 7 heteroatoms. The molecular formula is C21H16N4O2S. The summed E-state index contributed by atoms with van der Waals surface area (Å²) in [6.45, 7) is 2.65. The fourth-order valence-electron chi connectivity index (χ4n) is 3.54. The molecule has 0 fully saturated rings. The summed E-state index contributed by atoms with van der Waals surface area (Å²) in [5, 5.41) is 4.38. The average Bonchev–Trinajstić information content (AvgIpc) is 3.35. The first kappa shape index (κ1) is 16.8. The van der Waals surface area contributed by atoms with Crippen LogP contribution in [0.5, 0.6) is 0 Å². The standard InChI is InChI=1S/C21H16N4O2S/c1-2-12-24-15-11-7-6-10-14(15)16(19(24)26)17-20(27)25-21(28-17)22-18(23-25)13-8-4-3-5-9-13/h3-11H,2,12H2,1H3/b17-16-. The minimum absolute atomic E-state index is 0.132. The van der Waals surface area contributed by atoms with Gasteiger partial charge in [0.2, 0.25) is 4.96 Å². The lowest BCUT2D eigenvalue weighted by Gasteiger charge is -2.15. The van der Waals surface area contributed by atoms with Gasteiger partial charge >= 0.3 is 0 Å². The van der Waals surface area contributed by atoms with E-state index in [1.165, 1.54) is 15.9 Å². The van der Waals surface area contributed by atoms with E-state index < -0.39 is 0 Å². The maximum Gasteiger partial charge on any atom is 0.291 e. The molecule has 138 valence electrons. The van der Waals surface area contributed by atoms with Crippen molar-refractivity contribution in [3.8, 4) is 11.4 Å². The molecule has 4 aromatic rings. The van der Waals surface area contributed by atoms with Crippen LogP contribution in [0.4, 0.5) is 5.69 Å². The highest BCUT2D eigenvalue weighted by Gasteiger charge is 2.33. The molecule has 0 spiro atoms. The predicted octanol–water partition coefficient (Wildman–Crippen LogP) is 2.49. The van der Waals surface area contributed by atoms with Gasteiger partial charge in [-0.05, 0) is 12.5 Å². The molecule has 1 aliphatic rings. The van der Waals surface area contributed by atoms with Crippen LogP contribution >= 0.6 is 11.3 Å². The number of hydrogen-bond donors (Lipinski definition) is 0. The maximum atomic E-state index is 13.1. The Morgan fingerprint density at radius 2 is 1.75 bits per heavy atom. The lowest BCUT2D eigenvalue weighted by Crippen LogP contribution is -2.32. The third kappa shape index (κ3) is 2.40. The number of fused-ring (bicyclic) bond motifs is 2. The van der Waals surface area contributed by atoms with Crippen LogP contribution in [-0.4, -0.2) is 27.0 Å². The highest BCUT2D eigenvalue weighted by atomic mass is 32.1. The monoisotopic (exact) mass is 388 g/mol. The Kier molecular flexibility index (Phi) is 3.84. The van der Waals surface area contributed by atoms with Crippen molar-refractivity contribution in [2.75, 3.05) is 11.4 Å². The van der Waals surface area contributed by atoms with Gasteiger partial charge in [0, 0.05) is 17.7 Å². The zero-order chi connectivity index (χ0) is 19.3. The van der Waals surface area contributed by atoms with Crippen molar-refractivity contribution in [1.82, 2.24) is 14.6 Å². The third-order valence-corrected chi connectivity index (χ3v) is 5.82. The van der Waals surface area contributed by atoms with Gasteiger partial charge in [-0.2, -0.15) is 9.50 Å². The molecule has 0 aliphatic carbocycles. The Bertz CT molecular complexity index is 1320. The molecule has 0 saturated carbocycles. The summed E-state index contributed by atoms with van der Waals surface area (Å²) in [5.41, 5.74) is 2.65. The zero-order valence-electron chi connectivity index (χ0n) is 15.1. The van der Waals surface area contributed by atoms with E-state index in [-0.39, 0.29) is 11.5 Å². The number of aromatic nitrogens is 3. The first-order chi connectivity index (χ1) is 13.7. The highest BCUT2D eigenvalue weighted by Crippen LogP contribution is 2.35. The Labute approximate surface area is 164 Å². The zero-order valence-corrected chi connectivity index (χ0v) is 15.9. The lowest BCUT2D eigenvalue weighted by atomic mass is 10.1. The van der Waals surface area contributed by atoms with Crippen molar-refractivity contribution in [3.05, 3.63) is 75.0 Å². The van der Waals surface area contributed by atoms with Crippen LogP contribution in [0, 0.1) is 0 Å². The molecule has 0 saturated heterocycles. The van der Waals surface area contributed by atoms with Crippen molar-refractivity contribution in [3.63, 3.8) is 0 Å². The molecule has 28 heavy (non-hydrogen) atoms. The highest BCUT2D eigenvalue weighted by molar-refractivity contribution is 7.15. The SMILES string of the molecule is CCCN1C(=O)/C(=c2\sc3nc(-c4ccccc4)nn3c2=O)c2ccccc21. The summed E-state index contributed by atoms with van der Waals surface area (Å²) < 4.78 is 1.69. The molecule has 1 aliphatic heterocycles. The molecule has 1 amide bonds. The Hall–Kier alpha value is -3.32. The largest absolute Gasteiger partial charge is 0.308 e. The Balaban J connectivity index is 1.74. The van der Waals surface area contributed by atoms with Gasteiger partial charge in [-0.25, -0.2) is 0 Å². The summed E-state index contributed by atoms with van der Waals surface area (Å²) >= 11 is 1.22. The maximum absolute atomic E-state index is 13.1. The molecule has 2 aromatic carbocycles. The quantitative estimate of drug-likeness (QED) is 0.541. The molecule has 2 aromatic heterocycles. The molecule has 0 bridgehead atoms. The number of benzene rings is 2. The number of hydrogen-bond acceptors (Lipinski definition) is 5. The molecule has 6 nitrogen and oxygen atoms in total. The molecule has 0 atom stereocenters. The summed E-state index contributed by atoms with van der Waals surface area (Å²) in [6.07, 6.45) is 0.841. The van der Waals surface area contributed by atoms with Gasteiger partial charge in [0.05, 0.1) is 11.3 Å². The van der Waals surface area contributed by atoms with Crippen LogP contribution in [0.2, 0.25) is 0 Å². The van der Waals surface area contributed by atoms with E-state index in [1.54, 1.807) is 4.90 Å². The molecule has 3 heterocycles. The number of nitrogens with zero attached hydrogens (tertiary/aromatic N) is 4. The van der Waals surface area contributed by atoms with Gasteiger partial charge in [0.1, 0.15) is 4.53 Å². The second-order valence-electron chi connectivity index (χ2n) is 6.58. The first-order valence-electron chi connectivity index (χ1n) is 9.09. The van der Waals surface area contributed by atoms with E-state index in [0.717, 1.165) is 23.2 Å². The number of carbonyl (C=O) groups is 1. The van der Waals surface area contributed by atoms with Gasteiger partial charge in [0.15, 0.2) is 5.82 Å². The minimum atomic E-state index is -0.300. The van der Waals surface area contributed by atoms with E-state index in [4.69, 9.17) is 0 Å². The van der Waals surface area contributed by atoms with Crippen molar-refractivity contribution in [1.29, 1.82) is 0 Å². The molecule has 0 radical (unpaired) electrons. The number of thiazole rings is 1.